The Labute approximate surface area is 119 Å². The molecular weight excluding hydrogens is 310 g/mol. The number of hydrogen-bond acceptors (Lipinski definition) is 3. The van der Waals surface area contributed by atoms with E-state index in [0.717, 1.165) is 4.47 Å². The SMILES string of the molecule is CCc1cc(C(=O)O)cc(Oc2cccc(Br)c2)n1. The Morgan fingerprint density at radius 1 is 1.37 bits per heavy atom. The summed E-state index contributed by atoms with van der Waals surface area (Å²) >= 11 is 3.35. The molecule has 0 unspecified atom stereocenters. The minimum Gasteiger partial charge on any atom is -0.478 e. The molecule has 0 atom stereocenters. The van der Waals surface area contributed by atoms with Crippen LogP contribution in [0.4, 0.5) is 0 Å². The molecule has 19 heavy (non-hydrogen) atoms. The second-order valence-corrected chi connectivity index (χ2v) is 4.82. The minimum absolute atomic E-state index is 0.178. The van der Waals surface area contributed by atoms with E-state index < -0.39 is 5.97 Å². The molecule has 2 aromatic rings. The second-order valence-electron chi connectivity index (χ2n) is 3.90. The molecule has 0 aliphatic carbocycles. The smallest absolute Gasteiger partial charge is 0.335 e. The van der Waals surface area contributed by atoms with Crippen LogP contribution in [0, 0.1) is 0 Å². The number of halogens is 1. The molecule has 1 aromatic carbocycles. The minimum atomic E-state index is -0.990. The predicted molar refractivity (Wildman–Crippen MR) is 74.8 cm³/mol. The quantitative estimate of drug-likeness (QED) is 0.927. The fourth-order valence-corrected chi connectivity index (χ4v) is 1.95. The zero-order valence-electron chi connectivity index (χ0n) is 10.3. The first-order valence-corrected chi connectivity index (χ1v) is 6.55. The van der Waals surface area contributed by atoms with Crippen molar-refractivity contribution >= 4 is 21.9 Å². The third-order valence-electron chi connectivity index (χ3n) is 2.48. The number of hydrogen-bond donors (Lipinski definition) is 1. The van der Waals surface area contributed by atoms with E-state index in [2.05, 4.69) is 20.9 Å². The summed E-state index contributed by atoms with van der Waals surface area (Å²) in [6.45, 7) is 1.91. The lowest BCUT2D eigenvalue weighted by Gasteiger charge is -2.07. The Bertz CT molecular complexity index is 613. The highest BCUT2D eigenvalue weighted by Crippen LogP contribution is 2.24. The maximum atomic E-state index is 11.0. The second kappa shape index (κ2) is 5.84. The van der Waals surface area contributed by atoms with Gasteiger partial charge in [0.25, 0.3) is 0 Å². The molecule has 0 radical (unpaired) electrons. The van der Waals surface area contributed by atoms with Crippen LogP contribution in [0.15, 0.2) is 40.9 Å². The average molecular weight is 322 g/mol. The Kier molecular flexibility index (Phi) is 4.16. The highest BCUT2D eigenvalue weighted by Gasteiger charge is 2.09. The Balaban J connectivity index is 2.34. The summed E-state index contributed by atoms with van der Waals surface area (Å²) < 4.78 is 6.47. The van der Waals surface area contributed by atoms with E-state index in [1.54, 1.807) is 18.2 Å². The summed E-state index contributed by atoms with van der Waals surface area (Å²) in [5.41, 5.74) is 0.863. The van der Waals surface area contributed by atoms with Gasteiger partial charge in [-0.3, -0.25) is 0 Å². The van der Waals surface area contributed by atoms with E-state index >= 15 is 0 Å². The van der Waals surface area contributed by atoms with Crippen LogP contribution in [0.1, 0.15) is 23.0 Å². The Morgan fingerprint density at radius 3 is 2.79 bits per heavy atom. The molecule has 0 spiro atoms. The van der Waals surface area contributed by atoms with Crippen LogP contribution in [-0.2, 0) is 6.42 Å². The van der Waals surface area contributed by atoms with E-state index in [4.69, 9.17) is 9.84 Å². The van der Waals surface area contributed by atoms with Crippen LogP contribution >= 0.6 is 15.9 Å². The van der Waals surface area contributed by atoms with Gasteiger partial charge in [-0.2, -0.15) is 0 Å². The molecule has 5 heteroatoms. The van der Waals surface area contributed by atoms with Gasteiger partial charge in [0.1, 0.15) is 5.75 Å². The van der Waals surface area contributed by atoms with Crippen LogP contribution < -0.4 is 4.74 Å². The van der Waals surface area contributed by atoms with Crippen molar-refractivity contribution in [3.05, 3.63) is 52.1 Å². The van der Waals surface area contributed by atoms with Gasteiger partial charge in [-0.05, 0) is 30.7 Å². The molecule has 98 valence electrons. The summed E-state index contributed by atoms with van der Waals surface area (Å²) in [4.78, 5) is 15.3. The number of aryl methyl sites for hydroxylation is 1. The average Bonchev–Trinajstić information content (AvgIpc) is 2.38. The molecule has 0 amide bonds. The number of aromatic carboxylic acids is 1. The lowest BCUT2D eigenvalue weighted by molar-refractivity contribution is 0.0696. The number of pyridine rings is 1. The van der Waals surface area contributed by atoms with E-state index in [1.807, 2.05) is 19.1 Å². The number of benzene rings is 1. The summed E-state index contributed by atoms with van der Waals surface area (Å²) in [5.74, 6) is -0.0995. The zero-order chi connectivity index (χ0) is 13.8. The van der Waals surface area contributed by atoms with Gasteiger partial charge < -0.3 is 9.84 Å². The van der Waals surface area contributed by atoms with Crippen LogP contribution in [0.3, 0.4) is 0 Å². The number of rotatable bonds is 4. The third-order valence-corrected chi connectivity index (χ3v) is 2.98. The van der Waals surface area contributed by atoms with Gasteiger partial charge in [0.05, 0.1) is 5.56 Å². The number of aromatic nitrogens is 1. The van der Waals surface area contributed by atoms with Crippen molar-refractivity contribution < 1.29 is 14.6 Å². The maximum Gasteiger partial charge on any atom is 0.335 e. The monoisotopic (exact) mass is 321 g/mol. The molecule has 1 N–H and O–H groups in total. The fourth-order valence-electron chi connectivity index (χ4n) is 1.57. The van der Waals surface area contributed by atoms with Crippen molar-refractivity contribution in [3.63, 3.8) is 0 Å². The molecular formula is C14H12BrNO3. The number of carboxylic acid groups (broad SMARTS) is 1. The first-order chi connectivity index (χ1) is 9.08. The van der Waals surface area contributed by atoms with Gasteiger partial charge >= 0.3 is 5.97 Å². The van der Waals surface area contributed by atoms with Crippen LogP contribution in [0.5, 0.6) is 11.6 Å². The van der Waals surface area contributed by atoms with Crippen LogP contribution in [0.2, 0.25) is 0 Å². The Morgan fingerprint density at radius 2 is 2.16 bits per heavy atom. The number of ether oxygens (including phenoxy) is 1. The van der Waals surface area contributed by atoms with Gasteiger partial charge in [0.2, 0.25) is 5.88 Å². The molecule has 1 aromatic heterocycles. The highest BCUT2D eigenvalue weighted by molar-refractivity contribution is 9.10. The topological polar surface area (TPSA) is 59.4 Å². The summed E-state index contributed by atoms with van der Waals surface area (Å²) in [7, 11) is 0. The van der Waals surface area contributed by atoms with Gasteiger partial charge in [0, 0.05) is 16.2 Å². The van der Waals surface area contributed by atoms with Crippen molar-refractivity contribution in [1.82, 2.24) is 4.98 Å². The summed E-state index contributed by atoms with van der Waals surface area (Å²) in [6, 6.07) is 10.3. The Hall–Kier alpha value is -1.88. The van der Waals surface area contributed by atoms with Crippen LogP contribution in [0.25, 0.3) is 0 Å². The van der Waals surface area contributed by atoms with Crippen LogP contribution in [-0.4, -0.2) is 16.1 Å². The van der Waals surface area contributed by atoms with Gasteiger partial charge in [-0.1, -0.05) is 28.9 Å². The first-order valence-electron chi connectivity index (χ1n) is 5.76. The van der Waals surface area contributed by atoms with Gasteiger partial charge in [-0.25, -0.2) is 9.78 Å². The lowest BCUT2D eigenvalue weighted by Crippen LogP contribution is -2.01. The molecule has 0 aliphatic rings. The van der Waals surface area contributed by atoms with Crippen molar-refractivity contribution in [2.24, 2.45) is 0 Å². The summed E-state index contributed by atoms with van der Waals surface area (Å²) in [6.07, 6.45) is 0.649. The largest absolute Gasteiger partial charge is 0.478 e. The number of carboxylic acids is 1. The molecule has 0 fully saturated rings. The molecule has 0 saturated carbocycles. The number of nitrogens with zero attached hydrogens (tertiary/aromatic N) is 1. The maximum absolute atomic E-state index is 11.0. The number of carbonyl (C=O) groups is 1. The highest BCUT2D eigenvalue weighted by atomic mass is 79.9. The van der Waals surface area contributed by atoms with Gasteiger partial charge in [0.15, 0.2) is 0 Å². The fraction of sp³-hybridized carbons (Fsp3) is 0.143. The predicted octanol–water partition coefficient (Wildman–Crippen LogP) is 3.90. The third kappa shape index (κ3) is 3.54. The van der Waals surface area contributed by atoms with E-state index in [0.29, 0.717) is 17.9 Å². The normalized spacial score (nSPS) is 10.2. The summed E-state index contributed by atoms with van der Waals surface area (Å²) in [5, 5.41) is 9.05. The first kappa shape index (κ1) is 13.5. The van der Waals surface area contributed by atoms with E-state index in [9.17, 15) is 4.79 Å². The van der Waals surface area contributed by atoms with Crippen molar-refractivity contribution in [2.45, 2.75) is 13.3 Å². The van der Waals surface area contributed by atoms with Crippen molar-refractivity contribution in [2.75, 3.05) is 0 Å². The van der Waals surface area contributed by atoms with Gasteiger partial charge in [-0.15, -0.1) is 0 Å². The lowest BCUT2D eigenvalue weighted by atomic mass is 10.2. The molecule has 0 bridgehead atoms. The molecule has 2 rings (SSSR count). The molecule has 1 heterocycles. The van der Waals surface area contributed by atoms with Crippen molar-refractivity contribution in [3.8, 4) is 11.6 Å². The van der Waals surface area contributed by atoms with E-state index in [1.165, 1.54) is 6.07 Å². The van der Waals surface area contributed by atoms with E-state index in [-0.39, 0.29) is 11.4 Å². The standard InChI is InChI=1S/C14H12BrNO3/c1-2-11-6-9(14(17)18)7-13(16-11)19-12-5-3-4-10(15)8-12/h3-8H,2H2,1H3,(H,17,18). The zero-order valence-corrected chi connectivity index (χ0v) is 11.8. The van der Waals surface area contributed by atoms with Crippen molar-refractivity contribution in [1.29, 1.82) is 0 Å². The molecule has 4 nitrogen and oxygen atoms in total. The molecule has 0 saturated heterocycles. The molecule has 0 aliphatic heterocycles.